The van der Waals surface area contributed by atoms with Gasteiger partial charge < -0.3 is 4.90 Å². The Kier molecular flexibility index (Phi) is 3.56. The Balaban J connectivity index is 1.66. The second-order valence-corrected chi connectivity index (χ2v) is 5.72. The lowest BCUT2D eigenvalue weighted by atomic mass is 10.1. The molecule has 2 fully saturated rings. The predicted molar refractivity (Wildman–Crippen MR) is 75.7 cm³/mol. The van der Waals surface area contributed by atoms with Crippen LogP contribution < -0.4 is 0 Å². The number of rotatable bonds is 3. The van der Waals surface area contributed by atoms with Crippen molar-refractivity contribution < 1.29 is 4.79 Å². The Morgan fingerprint density at radius 3 is 2.37 bits per heavy atom. The number of fused-ring (bicyclic) bond motifs is 2. The third-order valence-corrected chi connectivity index (χ3v) is 4.40. The van der Waals surface area contributed by atoms with E-state index in [9.17, 15) is 4.79 Å². The Hall–Kier alpha value is -1.35. The minimum atomic E-state index is 0.340. The van der Waals surface area contributed by atoms with Crippen molar-refractivity contribution >= 4 is 5.91 Å². The van der Waals surface area contributed by atoms with Crippen LogP contribution in [0.1, 0.15) is 31.7 Å². The summed E-state index contributed by atoms with van der Waals surface area (Å²) in [5.41, 5.74) is 1.37. The molecule has 2 saturated heterocycles. The van der Waals surface area contributed by atoms with Crippen molar-refractivity contribution in [2.24, 2.45) is 0 Å². The number of amides is 1. The highest BCUT2D eigenvalue weighted by Crippen LogP contribution is 2.31. The van der Waals surface area contributed by atoms with Crippen LogP contribution in [-0.4, -0.2) is 40.9 Å². The molecule has 2 heterocycles. The summed E-state index contributed by atoms with van der Waals surface area (Å²) in [6.07, 6.45) is 3.01. The summed E-state index contributed by atoms with van der Waals surface area (Å²) < 4.78 is 0. The molecule has 0 saturated carbocycles. The number of carbonyl (C=O) groups excluding carboxylic acids is 1. The van der Waals surface area contributed by atoms with E-state index in [4.69, 9.17) is 0 Å². The summed E-state index contributed by atoms with van der Waals surface area (Å²) >= 11 is 0. The Morgan fingerprint density at radius 2 is 1.79 bits per heavy atom. The van der Waals surface area contributed by atoms with Gasteiger partial charge in [0.25, 0.3) is 0 Å². The third-order valence-electron chi connectivity index (χ3n) is 4.40. The maximum atomic E-state index is 12.0. The molecule has 1 aromatic rings. The summed E-state index contributed by atoms with van der Waals surface area (Å²) in [4.78, 5) is 16.7. The topological polar surface area (TPSA) is 23.6 Å². The first-order chi connectivity index (χ1) is 9.28. The van der Waals surface area contributed by atoms with E-state index < -0.39 is 0 Å². The van der Waals surface area contributed by atoms with Gasteiger partial charge in [0.15, 0.2) is 0 Å². The maximum absolute atomic E-state index is 12.0. The van der Waals surface area contributed by atoms with Crippen molar-refractivity contribution in [1.29, 1.82) is 0 Å². The molecule has 2 atom stereocenters. The van der Waals surface area contributed by atoms with Gasteiger partial charge in [0.05, 0.1) is 0 Å². The van der Waals surface area contributed by atoms with Crippen LogP contribution in [0.4, 0.5) is 0 Å². The normalized spacial score (nSPS) is 26.7. The first-order valence-electron chi connectivity index (χ1n) is 7.35. The van der Waals surface area contributed by atoms with Gasteiger partial charge in [-0.3, -0.25) is 9.69 Å². The lowest BCUT2D eigenvalue weighted by Gasteiger charge is -2.41. The lowest BCUT2D eigenvalue weighted by molar-refractivity contribution is -0.136. The summed E-state index contributed by atoms with van der Waals surface area (Å²) in [7, 11) is 0. The Morgan fingerprint density at radius 1 is 1.16 bits per heavy atom. The van der Waals surface area contributed by atoms with E-state index in [0.29, 0.717) is 24.4 Å². The molecule has 2 aliphatic heterocycles. The number of piperazine rings is 1. The zero-order valence-corrected chi connectivity index (χ0v) is 11.6. The van der Waals surface area contributed by atoms with Crippen LogP contribution in [0.2, 0.25) is 0 Å². The number of carbonyl (C=O) groups is 1. The molecule has 2 bridgehead atoms. The fraction of sp³-hybridized carbons (Fsp3) is 0.562. The molecule has 1 amide bonds. The zero-order chi connectivity index (χ0) is 13.2. The molecule has 0 aliphatic carbocycles. The second kappa shape index (κ2) is 5.33. The smallest absolute Gasteiger partial charge is 0.222 e. The minimum Gasteiger partial charge on any atom is -0.334 e. The Labute approximate surface area is 115 Å². The van der Waals surface area contributed by atoms with Crippen molar-refractivity contribution in [3.63, 3.8) is 0 Å². The van der Waals surface area contributed by atoms with Crippen molar-refractivity contribution in [1.82, 2.24) is 9.80 Å². The van der Waals surface area contributed by atoms with Crippen LogP contribution in [0.25, 0.3) is 0 Å². The van der Waals surface area contributed by atoms with Crippen molar-refractivity contribution in [3.8, 4) is 0 Å². The standard InChI is InChI=1S/C16H22N2O/c1-2-16(19)18-14-8-9-15(18)12-17(11-14)10-13-6-4-3-5-7-13/h3-7,14-15H,2,8-12H2,1H3. The number of nitrogens with zero attached hydrogens (tertiary/aromatic N) is 2. The monoisotopic (exact) mass is 258 g/mol. The fourth-order valence-electron chi connectivity index (χ4n) is 3.55. The van der Waals surface area contributed by atoms with Crippen molar-refractivity contribution in [2.45, 2.75) is 44.8 Å². The first kappa shape index (κ1) is 12.7. The molecule has 0 spiro atoms. The third kappa shape index (κ3) is 2.52. The quantitative estimate of drug-likeness (QED) is 0.830. The van der Waals surface area contributed by atoms with Crippen LogP contribution >= 0.6 is 0 Å². The number of benzene rings is 1. The molecule has 2 aliphatic rings. The number of hydrogen-bond acceptors (Lipinski definition) is 2. The van der Waals surface area contributed by atoms with E-state index in [-0.39, 0.29) is 0 Å². The second-order valence-electron chi connectivity index (χ2n) is 5.72. The lowest BCUT2D eigenvalue weighted by Crippen LogP contribution is -2.55. The molecule has 0 N–H and O–H groups in total. The van der Waals surface area contributed by atoms with Crippen LogP contribution in [0.15, 0.2) is 30.3 Å². The molecular weight excluding hydrogens is 236 g/mol. The molecule has 3 heteroatoms. The van der Waals surface area contributed by atoms with E-state index >= 15 is 0 Å². The van der Waals surface area contributed by atoms with E-state index in [1.807, 2.05) is 6.92 Å². The van der Waals surface area contributed by atoms with Gasteiger partial charge in [0, 0.05) is 38.1 Å². The molecule has 0 radical (unpaired) electrons. The van der Waals surface area contributed by atoms with Crippen LogP contribution in [0, 0.1) is 0 Å². The van der Waals surface area contributed by atoms with Crippen molar-refractivity contribution in [3.05, 3.63) is 35.9 Å². The molecule has 2 unspecified atom stereocenters. The van der Waals surface area contributed by atoms with E-state index in [0.717, 1.165) is 19.6 Å². The molecule has 0 aromatic heterocycles. The molecular formula is C16H22N2O. The van der Waals surface area contributed by atoms with Gasteiger partial charge in [-0.15, -0.1) is 0 Å². The van der Waals surface area contributed by atoms with Gasteiger partial charge >= 0.3 is 0 Å². The molecule has 1 aromatic carbocycles. The minimum absolute atomic E-state index is 0.340. The molecule has 102 valence electrons. The van der Waals surface area contributed by atoms with Gasteiger partial charge in [-0.25, -0.2) is 0 Å². The van der Waals surface area contributed by atoms with Gasteiger partial charge in [-0.05, 0) is 18.4 Å². The predicted octanol–water partition coefficient (Wildman–Crippen LogP) is 2.27. The molecule has 19 heavy (non-hydrogen) atoms. The van der Waals surface area contributed by atoms with Crippen LogP contribution in [0.3, 0.4) is 0 Å². The summed E-state index contributed by atoms with van der Waals surface area (Å²) in [5.74, 6) is 0.340. The molecule has 3 nitrogen and oxygen atoms in total. The summed E-state index contributed by atoms with van der Waals surface area (Å²) in [6, 6.07) is 11.5. The van der Waals surface area contributed by atoms with E-state index in [2.05, 4.69) is 40.1 Å². The average molecular weight is 258 g/mol. The van der Waals surface area contributed by atoms with Gasteiger partial charge in [0.2, 0.25) is 5.91 Å². The number of likely N-dealkylation sites (tertiary alicyclic amines) is 1. The zero-order valence-electron chi connectivity index (χ0n) is 11.6. The number of hydrogen-bond donors (Lipinski definition) is 0. The largest absolute Gasteiger partial charge is 0.334 e. The van der Waals surface area contributed by atoms with Gasteiger partial charge in [-0.1, -0.05) is 37.3 Å². The van der Waals surface area contributed by atoms with Gasteiger partial charge in [0.1, 0.15) is 0 Å². The summed E-state index contributed by atoms with van der Waals surface area (Å²) in [5, 5.41) is 0. The highest BCUT2D eigenvalue weighted by atomic mass is 16.2. The highest BCUT2D eigenvalue weighted by Gasteiger charge is 2.41. The highest BCUT2D eigenvalue weighted by molar-refractivity contribution is 5.77. The summed E-state index contributed by atoms with van der Waals surface area (Å²) in [6.45, 7) is 5.06. The van der Waals surface area contributed by atoms with E-state index in [1.54, 1.807) is 0 Å². The fourth-order valence-corrected chi connectivity index (χ4v) is 3.55. The van der Waals surface area contributed by atoms with Crippen LogP contribution in [0.5, 0.6) is 0 Å². The Bertz CT molecular complexity index is 431. The first-order valence-corrected chi connectivity index (χ1v) is 7.35. The average Bonchev–Trinajstić information content (AvgIpc) is 2.71. The molecule has 3 rings (SSSR count). The van der Waals surface area contributed by atoms with Crippen LogP contribution in [-0.2, 0) is 11.3 Å². The van der Waals surface area contributed by atoms with Gasteiger partial charge in [-0.2, -0.15) is 0 Å². The maximum Gasteiger partial charge on any atom is 0.222 e. The SMILES string of the molecule is CCC(=O)N1C2CCC1CN(Cc1ccccc1)C2. The van der Waals surface area contributed by atoms with Crippen molar-refractivity contribution in [2.75, 3.05) is 13.1 Å². The van der Waals surface area contributed by atoms with E-state index in [1.165, 1.54) is 18.4 Å².